The maximum Gasteiger partial charge on any atom is 0.235 e. The highest BCUT2D eigenvalue weighted by Gasteiger charge is 2.22. The molecule has 1 saturated heterocycles. The lowest BCUT2D eigenvalue weighted by Gasteiger charge is -2.35. The van der Waals surface area contributed by atoms with E-state index in [1.165, 1.54) is 5.56 Å². The van der Waals surface area contributed by atoms with Crippen LogP contribution in [0.4, 0.5) is 11.8 Å². The molecule has 0 unspecified atom stereocenters. The fourth-order valence-electron chi connectivity index (χ4n) is 4.38. The van der Waals surface area contributed by atoms with Crippen molar-refractivity contribution in [2.24, 2.45) is 7.05 Å². The second-order valence-corrected chi connectivity index (χ2v) is 8.53. The van der Waals surface area contributed by atoms with Crippen molar-refractivity contribution in [3.8, 4) is 11.3 Å². The van der Waals surface area contributed by atoms with Crippen molar-refractivity contribution in [2.75, 3.05) is 36.0 Å². The Morgan fingerprint density at radius 1 is 0.794 bits per heavy atom. The van der Waals surface area contributed by atoms with E-state index in [-0.39, 0.29) is 0 Å². The van der Waals surface area contributed by atoms with E-state index in [0.29, 0.717) is 5.78 Å². The zero-order chi connectivity index (χ0) is 22.9. The summed E-state index contributed by atoms with van der Waals surface area (Å²) in [5, 5.41) is 4.23. The smallest absolute Gasteiger partial charge is 0.235 e. The molecule has 0 bridgehead atoms. The molecule has 0 aliphatic carbocycles. The van der Waals surface area contributed by atoms with Crippen LogP contribution in [-0.4, -0.2) is 60.3 Å². The van der Waals surface area contributed by atoms with Crippen LogP contribution in [0.5, 0.6) is 0 Å². The lowest BCUT2D eigenvalue weighted by molar-refractivity contribution is 0.632. The molecule has 6 rings (SSSR count). The fraction of sp³-hybridized carbons (Fsp3) is 0.240. The molecule has 0 spiro atoms. The summed E-state index contributed by atoms with van der Waals surface area (Å²) in [5.74, 6) is 2.53. The zero-order valence-corrected chi connectivity index (χ0v) is 19.0. The van der Waals surface area contributed by atoms with Gasteiger partial charge >= 0.3 is 0 Å². The average Bonchev–Trinajstić information content (AvgIpc) is 3.51. The lowest BCUT2D eigenvalue weighted by atomic mass is 10.1. The molecule has 5 heterocycles. The van der Waals surface area contributed by atoms with Crippen LogP contribution in [-0.2, 0) is 13.5 Å². The number of hydrogen-bond acceptors (Lipinski definition) is 7. The van der Waals surface area contributed by atoms with Crippen LogP contribution in [0.1, 0.15) is 11.1 Å². The molecule has 1 aliphatic heterocycles. The SMILES string of the molecule is Cn1cc(-c2ccn3c(N4CCN(c5ncc(Cc6ccccc6)cn5)CC4)cnc3n2)cn1. The Bertz CT molecular complexity index is 1400. The molecule has 0 atom stereocenters. The number of imidazole rings is 1. The van der Waals surface area contributed by atoms with Gasteiger partial charge in [0.2, 0.25) is 11.7 Å². The van der Waals surface area contributed by atoms with Crippen LogP contribution >= 0.6 is 0 Å². The molecular formula is C25H25N9. The highest BCUT2D eigenvalue weighted by molar-refractivity contribution is 5.60. The largest absolute Gasteiger partial charge is 0.353 e. The first-order chi connectivity index (χ1) is 16.7. The third kappa shape index (κ3) is 3.96. The second kappa shape index (κ2) is 8.58. The van der Waals surface area contributed by atoms with Crippen molar-refractivity contribution >= 4 is 17.5 Å². The van der Waals surface area contributed by atoms with E-state index >= 15 is 0 Å². The Balaban J connectivity index is 1.12. The normalized spacial score (nSPS) is 14.1. The summed E-state index contributed by atoms with van der Waals surface area (Å²) in [5.41, 5.74) is 4.24. The summed E-state index contributed by atoms with van der Waals surface area (Å²) in [6.07, 6.45) is 12.4. The van der Waals surface area contributed by atoms with E-state index in [1.54, 1.807) is 4.68 Å². The Kier molecular flexibility index (Phi) is 5.14. The van der Waals surface area contributed by atoms with E-state index in [4.69, 9.17) is 4.98 Å². The van der Waals surface area contributed by atoms with Gasteiger partial charge in [-0.15, -0.1) is 0 Å². The molecule has 1 aromatic carbocycles. The number of aromatic nitrogens is 7. The summed E-state index contributed by atoms with van der Waals surface area (Å²) in [6, 6.07) is 12.4. The van der Waals surface area contributed by atoms with Crippen LogP contribution < -0.4 is 9.80 Å². The highest BCUT2D eigenvalue weighted by Crippen LogP contribution is 2.22. The minimum absolute atomic E-state index is 0.691. The van der Waals surface area contributed by atoms with Crippen molar-refractivity contribution in [3.63, 3.8) is 0 Å². The van der Waals surface area contributed by atoms with E-state index in [0.717, 1.165) is 61.2 Å². The predicted molar refractivity (Wildman–Crippen MR) is 131 cm³/mol. The first-order valence-electron chi connectivity index (χ1n) is 11.4. The molecule has 4 aromatic heterocycles. The molecule has 0 radical (unpaired) electrons. The van der Waals surface area contributed by atoms with Crippen molar-refractivity contribution < 1.29 is 0 Å². The first-order valence-corrected chi connectivity index (χ1v) is 11.4. The van der Waals surface area contributed by atoms with Crippen LogP contribution in [0.3, 0.4) is 0 Å². The minimum Gasteiger partial charge on any atom is -0.353 e. The Labute approximate surface area is 197 Å². The highest BCUT2D eigenvalue weighted by atomic mass is 15.3. The van der Waals surface area contributed by atoms with Gasteiger partial charge in [-0.2, -0.15) is 5.10 Å². The van der Waals surface area contributed by atoms with E-state index in [1.807, 2.05) is 60.8 Å². The molecule has 9 nitrogen and oxygen atoms in total. The monoisotopic (exact) mass is 451 g/mol. The van der Waals surface area contributed by atoms with Crippen molar-refractivity contribution in [2.45, 2.75) is 6.42 Å². The van der Waals surface area contributed by atoms with Crippen molar-refractivity contribution in [1.29, 1.82) is 0 Å². The van der Waals surface area contributed by atoms with Crippen LogP contribution in [0.25, 0.3) is 17.0 Å². The van der Waals surface area contributed by atoms with Gasteiger partial charge in [-0.25, -0.2) is 19.9 Å². The van der Waals surface area contributed by atoms with E-state index < -0.39 is 0 Å². The third-order valence-corrected chi connectivity index (χ3v) is 6.19. The Hall–Kier alpha value is -4.27. The maximum atomic E-state index is 4.72. The van der Waals surface area contributed by atoms with Gasteiger partial charge in [0.15, 0.2) is 0 Å². The maximum absolute atomic E-state index is 4.72. The second-order valence-electron chi connectivity index (χ2n) is 8.53. The van der Waals surface area contributed by atoms with Crippen LogP contribution in [0.2, 0.25) is 0 Å². The lowest BCUT2D eigenvalue weighted by Crippen LogP contribution is -2.47. The van der Waals surface area contributed by atoms with Crippen LogP contribution in [0, 0.1) is 0 Å². The molecule has 0 saturated carbocycles. The van der Waals surface area contributed by atoms with Gasteiger partial charge in [-0.05, 0) is 17.2 Å². The summed E-state index contributed by atoms with van der Waals surface area (Å²) in [4.78, 5) is 23.1. The number of fused-ring (bicyclic) bond motifs is 1. The molecular weight excluding hydrogens is 426 g/mol. The predicted octanol–water partition coefficient (Wildman–Crippen LogP) is 2.84. The number of hydrogen-bond donors (Lipinski definition) is 0. The summed E-state index contributed by atoms with van der Waals surface area (Å²) in [7, 11) is 1.90. The Morgan fingerprint density at radius 3 is 2.29 bits per heavy atom. The first kappa shape index (κ1) is 20.3. The van der Waals surface area contributed by atoms with Gasteiger partial charge in [0, 0.05) is 70.0 Å². The van der Waals surface area contributed by atoms with E-state index in [9.17, 15) is 0 Å². The molecule has 0 amide bonds. The number of aryl methyl sites for hydroxylation is 1. The van der Waals surface area contributed by atoms with Gasteiger partial charge in [-0.3, -0.25) is 9.08 Å². The van der Waals surface area contributed by atoms with Crippen LogP contribution in [0.15, 0.2) is 73.6 Å². The molecule has 1 fully saturated rings. The van der Waals surface area contributed by atoms with Gasteiger partial charge in [-0.1, -0.05) is 30.3 Å². The van der Waals surface area contributed by atoms with E-state index in [2.05, 4.69) is 54.1 Å². The summed E-state index contributed by atoms with van der Waals surface area (Å²) < 4.78 is 3.82. The number of piperazine rings is 1. The van der Waals surface area contributed by atoms with Gasteiger partial charge < -0.3 is 9.80 Å². The molecule has 0 N–H and O–H groups in total. The van der Waals surface area contributed by atoms with Gasteiger partial charge in [0.05, 0.1) is 18.1 Å². The third-order valence-electron chi connectivity index (χ3n) is 6.19. The number of anilines is 2. The molecule has 170 valence electrons. The average molecular weight is 452 g/mol. The summed E-state index contributed by atoms with van der Waals surface area (Å²) in [6.45, 7) is 3.44. The van der Waals surface area contributed by atoms with Gasteiger partial charge in [0.25, 0.3) is 0 Å². The number of benzene rings is 1. The quantitative estimate of drug-likeness (QED) is 0.406. The molecule has 9 heteroatoms. The molecule has 1 aliphatic rings. The molecule has 5 aromatic rings. The standard InChI is InChI=1S/C25H25N9/c1-31-18-21(16-29-31)22-7-8-34-23(17-28-25(34)30-22)32-9-11-33(12-10-32)24-26-14-20(15-27-24)13-19-5-3-2-4-6-19/h2-8,14-18H,9-13H2,1H3. The minimum atomic E-state index is 0.691. The summed E-state index contributed by atoms with van der Waals surface area (Å²) >= 11 is 0. The zero-order valence-electron chi connectivity index (χ0n) is 19.0. The van der Waals surface area contributed by atoms with Crippen molar-refractivity contribution in [3.05, 3.63) is 84.7 Å². The fourth-order valence-corrected chi connectivity index (χ4v) is 4.38. The topological polar surface area (TPSA) is 80.3 Å². The number of nitrogens with zero attached hydrogens (tertiary/aromatic N) is 9. The Morgan fingerprint density at radius 2 is 1.56 bits per heavy atom. The van der Waals surface area contributed by atoms with Gasteiger partial charge in [0.1, 0.15) is 5.82 Å². The van der Waals surface area contributed by atoms with Crippen molar-refractivity contribution in [1.82, 2.24) is 34.1 Å². The molecule has 34 heavy (non-hydrogen) atoms. The number of rotatable bonds is 5.